The molecule has 0 aliphatic rings. The third-order valence-corrected chi connectivity index (χ3v) is 3.68. The molecule has 2 atom stereocenters. The summed E-state index contributed by atoms with van der Waals surface area (Å²) in [4.78, 5) is 35.8. The van der Waals surface area contributed by atoms with Gasteiger partial charge in [0.1, 0.15) is 6.04 Å². The minimum atomic E-state index is -0.945. The number of rotatable bonds is 8. The number of amides is 2. The van der Waals surface area contributed by atoms with Crippen LogP contribution in [-0.2, 0) is 14.3 Å². The number of carbonyl (C=O) groups is 3. The first-order valence-electron chi connectivity index (χ1n) is 8.39. The summed E-state index contributed by atoms with van der Waals surface area (Å²) in [5, 5.41) is 5.30. The Morgan fingerprint density at radius 1 is 1.20 bits per heavy atom. The normalized spacial score (nSPS) is 14.1. The van der Waals surface area contributed by atoms with Gasteiger partial charge < -0.3 is 21.1 Å². The molecule has 0 spiro atoms. The molecule has 0 aliphatic carbocycles. The van der Waals surface area contributed by atoms with Crippen molar-refractivity contribution in [3.8, 4) is 0 Å². The number of esters is 1. The lowest BCUT2D eigenvalue weighted by Crippen LogP contribution is -2.48. The number of ether oxygens (including phenoxy) is 1. The van der Waals surface area contributed by atoms with Gasteiger partial charge in [-0.15, -0.1) is 0 Å². The topological polar surface area (TPSA) is 111 Å². The van der Waals surface area contributed by atoms with Gasteiger partial charge >= 0.3 is 5.97 Å². The molecule has 2 unspecified atom stereocenters. The van der Waals surface area contributed by atoms with E-state index in [1.165, 1.54) is 0 Å². The molecular formula is C18H27N3O4. The van der Waals surface area contributed by atoms with Crippen LogP contribution in [0.15, 0.2) is 24.3 Å². The summed E-state index contributed by atoms with van der Waals surface area (Å²) >= 11 is 0. The second-order valence-electron chi connectivity index (χ2n) is 6.15. The molecule has 25 heavy (non-hydrogen) atoms. The number of hydrogen-bond acceptors (Lipinski definition) is 5. The van der Waals surface area contributed by atoms with Gasteiger partial charge in [0.15, 0.2) is 0 Å². The molecule has 1 rings (SSSR count). The van der Waals surface area contributed by atoms with Gasteiger partial charge in [-0.3, -0.25) is 9.59 Å². The van der Waals surface area contributed by atoms with Crippen molar-refractivity contribution in [2.24, 2.45) is 5.73 Å². The predicted molar refractivity (Wildman–Crippen MR) is 96.1 cm³/mol. The smallest absolute Gasteiger partial charge is 0.328 e. The fourth-order valence-electron chi connectivity index (χ4n) is 2.22. The quantitative estimate of drug-likeness (QED) is 0.620. The van der Waals surface area contributed by atoms with Crippen LogP contribution in [0.2, 0.25) is 0 Å². The van der Waals surface area contributed by atoms with Gasteiger partial charge in [-0.2, -0.15) is 0 Å². The lowest BCUT2D eigenvalue weighted by Gasteiger charge is -2.22. The van der Waals surface area contributed by atoms with Crippen molar-refractivity contribution in [2.75, 3.05) is 11.9 Å². The summed E-state index contributed by atoms with van der Waals surface area (Å²) in [6, 6.07) is 5.62. The van der Waals surface area contributed by atoms with Crippen LogP contribution in [0.4, 0.5) is 5.69 Å². The molecular weight excluding hydrogens is 322 g/mol. The third-order valence-electron chi connectivity index (χ3n) is 3.68. The highest BCUT2D eigenvalue weighted by Gasteiger charge is 2.27. The van der Waals surface area contributed by atoms with E-state index in [1.54, 1.807) is 45.0 Å². The zero-order valence-corrected chi connectivity index (χ0v) is 15.2. The van der Waals surface area contributed by atoms with Crippen LogP contribution >= 0.6 is 0 Å². The Kier molecular flexibility index (Phi) is 7.57. The summed E-state index contributed by atoms with van der Waals surface area (Å²) < 4.78 is 4.84. The van der Waals surface area contributed by atoms with E-state index in [4.69, 9.17) is 10.5 Å². The maximum absolute atomic E-state index is 12.2. The number of hydrogen-bond donors (Lipinski definition) is 3. The van der Waals surface area contributed by atoms with E-state index >= 15 is 0 Å². The van der Waals surface area contributed by atoms with Crippen molar-refractivity contribution in [2.45, 2.75) is 52.1 Å². The van der Waals surface area contributed by atoms with Crippen LogP contribution in [0, 0.1) is 0 Å². The van der Waals surface area contributed by atoms with Gasteiger partial charge in [0.25, 0.3) is 5.91 Å². The van der Waals surface area contributed by atoms with E-state index in [9.17, 15) is 14.4 Å². The first-order valence-corrected chi connectivity index (χ1v) is 8.39. The van der Waals surface area contributed by atoms with Gasteiger partial charge in [0.2, 0.25) is 5.91 Å². The fraction of sp³-hybridized carbons (Fsp3) is 0.500. The van der Waals surface area contributed by atoms with Crippen LogP contribution in [0.5, 0.6) is 0 Å². The van der Waals surface area contributed by atoms with Crippen molar-refractivity contribution in [3.05, 3.63) is 29.8 Å². The van der Waals surface area contributed by atoms with Crippen LogP contribution in [0.25, 0.3) is 0 Å². The second-order valence-corrected chi connectivity index (χ2v) is 6.15. The van der Waals surface area contributed by atoms with Crippen molar-refractivity contribution in [3.63, 3.8) is 0 Å². The highest BCUT2D eigenvalue weighted by molar-refractivity contribution is 5.99. The number of nitrogens with one attached hydrogen (secondary N) is 2. The molecule has 0 saturated heterocycles. The zero-order valence-electron chi connectivity index (χ0n) is 15.2. The molecule has 0 heterocycles. The van der Waals surface area contributed by atoms with Gasteiger partial charge in [-0.25, -0.2) is 4.79 Å². The van der Waals surface area contributed by atoms with E-state index in [0.717, 1.165) is 6.42 Å². The summed E-state index contributed by atoms with van der Waals surface area (Å²) in [7, 11) is 0. The molecule has 7 heteroatoms. The molecule has 7 nitrogen and oxygen atoms in total. The van der Waals surface area contributed by atoms with Crippen molar-refractivity contribution < 1.29 is 19.1 Å². The van der Waals surface area contributed by atoms with Crippen molar-refractivity contribution >= 4 is 23.5 Å². The SMILES string of the molecule is CCCC(C)(N)C(=O)Nc1ccc(C(=O)NC(C)C(=O)OCC)cc1. The van der Waals surface area contributed by atoms with Crippen LogP contribution in [0.1, 0.15) is 50.9 Å². The monoisotopic (exact) mass is 349 g/mol. The van der Waals surface area contributed by atoms with Crippen LogP contribution in [-0.4, -0.2) is 36.0 Å². The average molecular weight is 349 g/mol. The van der Waals surface area contributed by atoms with Gasteiger partial charge in [-0.05, 0) is 51.5 Å². The van der Waals surface area contributed by atoms with E-state index in [1.807, 2.05) is 6.92 Å². The van der Waals surface area contributed by atoms with E-state index in [0.29, 0.717) is 17.7 Å². The average Bonchev–Trinajstić information content (AvgIpc) is 2.55. The predicted octanol–water partition coefficient (Wildman–Crippen LogP) is 1.82. The second kappa shape index (κ2) is 9.17. The molecule has 0 aromatic heterocycles. The van der Waals surface area contributed by atoms with E-state index in [2.05, 4.69) is 10.6 Å². The minimum absolute atomic E-state index is 0.255. The summed E-state index contributed by atoms with van der Waals surface area (Å²) in [5.41, 5.74) is 5.96. The highest BCUT2D eigenvalue weighted by Crippen LogP contribution is 2.15. The molecule has 1 aromatic rings. The number of carbonyl (C=O) groups excluding carboxylic acids is 3. The molecule has 0 aliphatic heterocycles. The summed E-state index contributed by atoms with van der Waals surface area (Å²) in [6.45, 7) is 7.16. The van der Waals surface area contributed by atoms with Crippen LogP contribution < -0.4 is 16.4 Å². The largest absolute Gasteiger partial charge is 0.464 e. The molecule has 138 valence electrons. The standard InChI is InChI=1S/C18H27N3O4/c1-5-11-18(4,19)17(24)21-14-9-7-13(8-10-14)15(22)20-12(3)16(23)25-6-2/h7-10,12H,5-6,11,19H2,1-4H3,(H,20,22)(H,21,24). The zero-order chi connectivity index (χ0) is 19.0. The Morgan fingerprint density at radius 2 is 1.80 bits per heavy atom. The Bertz CT molecular complexity index is 611. The minimum Gasteiger partial charge on any atom is -0.464 e. The van der Waals surface area contributed by atoms with Gasteiger partial charge in [-0.1, -0.05) is 13.3 Å². The first-order chi connectivity index (χ1) is 11.7. The van der Waals surface area contributed by atoms with Gasteiger partial charge in [0.05, 0.1) is 12.1 Å². The molecule has 0 fully saturated rings. The van der Waals surface area contributed by atoms with E-state index in [-0.39, 0.29) is 12.5 Å². The number of anilines is 1. The highest BCUT2D eigenvalue weighted by atomic mass is 16.5. The molecule has 1 aromatic carbocycles. The maximum atomic E-state index is 12.2. The van der Waals surface area contributed by atoms with Crippen molar-refractivity contribution in [1.82, 2.24) is 5.32 Å². The molecule has 0 saturated carbocycles. The summed E-state index contributed by atoms with van der Waals surface area (Å²) in [6.07, 6.45) is 1.38. The van der Waals surface area contributed by atoms with E-state index < -0.39 is 23.5 Å². The number of benzene rings is 1. The Balaban J connectivity index is 2.68. The molecule has 2 amide bonds. The Labute approximate surface area is 148 Å². The summed E-state index contributed by atoms with van der Waals surface area (Å²) in [5.74, 6) is -1.16. The molecule has 0 bridgehead atoms. The van der Waals surface area contributed by atoms with Crippen molar-refractivity contribution in [1.29, 1.82) is 0 Å². The lowest BCUT2D eigenvalue weighted by molar-refractivity contribution is -0.144. The first kappa shape index (κ1) is 20.6. The lowest BCUT2D eigenvalue weighted by atomic mass is 9.96. The molecule has 0 radical (unpaired) electrons. The van der Waals surface area contributed by atoms with Gasteiger partial charge in [0, 0.05) is 11.3 Å². The fourth-order valence-corrected chi connectivity index (χ4v) is 2.22. The maximum Gasteiger partial charge on any atom is 0.328 e. The Hall–Kier alpha value is -2.41. The number of nitrogens with two attached hydrogens (primary N) is 1. The third kappa shape index (κ3) is 6.19. The Morgan fingerprint density at radius 3 is 2.32 bits per heavy atom. The van der Waals surface area contributed by atoms with Crippen LogP contribution in [0.3, 0.4) is 0 Å². The molecule has 4 N–H and O–H groups in total.